The molecule has 0 spiro atoms. The van der Waals surface area contributed by atoms with Gasteiger partial charge in [-0.05, 0) is 74.7 Å². The number of aryl methyl sites for hydroxylation is 1. The van der Waals surface area contributed by atoms with E-state index in [9.17, 15) is 9.90 Å². The summed E-state index contributed by atoms with van der Waals surface area (Å²) in [5, 5.41) is 11.6. The Morgan fingerprint density at radius 3 is 2.50 bits per heavy atom. The zero-order valence-corrected chi connectivity index (χ0v) is 18.1. The van der Waals surface area contributed by atoms with Crippen LogP contribution in [-0.2, 0) is 9.53 Å². The van der Waals surface area contributed by atoms with E-state index in [1.165, 1.54) is 0 Å². The molecule has 1 atom stereocenters. The first-order chi connectivity index (χ1) is 14.2. The van der Waals surface area contributed by atoms with E-state index in [0.29, 0.717) is 10.6 Å². The standard InChI is InChI=1S/C24H23ClN2O3/c1-14-13-18-17(9-10-19-26-11-12-27(18)19)21(15-5-7-16(25)8-6-15)20(14)22(23(28)29)30-24(2,3)4/h5-13,22H,1-4H3,(H,28,29). The second-order valence-electron chi connectivity index (χ2n) is 8.36. The van der Waals surface area contributed by atoms with E-state index in [2.05, 4.69) is 4.98 Å². The van der Waals surface area contributed by atoms with Gasteiger partial charge >= 0.3 is 5.97 Å². The summed E-state index contributed by atoms with van der Waals surface area (Å²) >= 11 is 6.12. The molecule has 4 rings (SSSR count). The van der Waals surface area contributed by atoms with Crippen molar-refractivity contribution in [1.29, 1.82) is 0 Å². The van der Waals surface area contributed by atoms with Gasteiger partial charge in [0.05, 0.1) is 11.1 Å². The van der Waals surface area contributed by atoms with E-state index in [0.717, 1.165) is 33.2 Å². The first-order valence-corrected chi connectivity index (χ1v) is 10.1. The van der Waals surface area contributed by atoms with Crippen molar-refractivity contribution in [2.75, 3.05) is 0 Å². The Labute approximate surface area is 179 Å². The number of benzene rings is 2. The lowest BCUT2D eigenvalue weighted by Crippen LogP contribution is -2.28. The van der Waals surface area contributed by atoms with Crippen LogP contribution in [0, 0.1) is 6.92 Å². The Morgan fingerprint density at radius 2 is 1.87 bits per heavy atom. The first-order valence-electron chi connectivity index (χ1n) is 9.71. The number of hydrogen-bond acceptors (Lipinski definition) is 3. The SMILES string of the molecule is Cc1cc2c(ccc3nccn32)c(-c2ccc(Cl)cc2)c1C(OC(C)(C)C)C(=O)O. The van der Waals surface area contributed by atoms with Crippen LogP contribution in [0.15, 0.2) is 54.9 Å². The highest BCUT2D eigenvalue weighted by Gasteiger charge is 2.31. The van der Waals surface area contributed by atoms with Crippen molar-refractivity contribution >= 4 is 34.1 Å². The maximum absolute atomic E-state index is 12.3. The van der Waals surface area contributed by atoms with E-state index in [4.69, 9.17) is 16.3 Å². The molecule has 30 heavy (non-hydrogen) atoms. The van der Waals surface area contributed by atoms with E-state index < -0.39 is 17.7 Å². The molecular weight excluding hydrogens is 400 g/mol. The van der Waals surface area contributed by atoms with E-state index in [1.807, 2.05) is 80.8 Å². The smallest absolute Gasteiger partial charge is 0.337 e. The number of aromatic nitrogens is 2. The molecule has 0 radical (unpaired) electrons. The summed E-state index contributed by atoms with van der Waals surface area (Å²) in [6.45, 7) is 7.49. The normalized spacial score (nSPS) is 13.1. The second kappa shape index (κ2) is 7.42. The Kier molecular flexibility index (Phi) is 5.04. The molecule has 6 heteroatoms. The molecule has 4 aromatic rings. The number of nitrogens with zero attached hydrogens (tertiary/aromatic N) is 2. The molecule has 0 aliphatic heterocycles. The molecule has 1 unspecified atom stereocenters. The van der Waals surface area contributed by atoms with Crippen molar-refractivity contribution in [3.05, 3.63) is 71.0 Å². The van der Waals surface area contributed by atoms with E-state index in [1.54, 1.807) is 6.20 Å². The third kappa shape index (κ3) is 3.66. The molecular formula is C24H23ClN2O3. The minimum Gasteiger partial charge on any atom is -0.479 e. The lowest BCUT2D eigenvalue weighted by molar-refractivity contribution is -0.160. The number of hydrogen-bond donors (Lipinski definition) is 1. The number of halogens is 1. The summed E-state index contributed by atoms with van der Waals surface area (Å²) in [6, 6.07) is 13.4. The minimum absolute atomic E-state index is 0.620. The lowest BCUT2D eigenvalue weighted by atomic mass is 9.88. The molecule has 0 bridgehead atoms. The lowest BCUT2D eigenvalue weighted by Gasteiger charge is -2.28. The second-order valence-corrected chi connectivity index (χ2v) is 8.80. The number of ether oxygens (including phenoxy) is 1. The highest BCUT2D eigenvalue weighted by atomic mass is 35.5. The van der Waals surface area contributed by atoms with Gasteiger partial charge in [-0.3, -0.25) is 4.40 Å². The summed E-state index contributed by atoms with van der Waals surface area (Å²) in [4.78, 5) is 16.7. The quantitative estimate of drug-likeness (QED) is 0.434. The highest BCUT2D eigenvalue weighted by Crippen LogP contribution is 2.40. The topological polar surface area (TPSA) is 63.8 Å². The molecule has 5 nitrogen and oxygen atoms in total. The third-order valence-electron chi connectivity index (χ3n) is 5.01. The molecule has 2 heterocycles. The van der Waals surface area contributed by atoms with Gasteiger partial charge in [0.25, 0.3) is 0 Å². The van der Waals surface area contributed by atoms with E-state index >= 15 is 0 Å². The van der Waals surface area contributed by atoms with Crippen LogP contribution in [0.25, 0.3) is 27.7 Å². The average molecular weight is 423 g/mol. The number of carboxylic acids is 1. The number of pyridine rings is 1. The molecule has 0 aliphatic rings. The predicted octanol–water partition coefficient (Wildman–Crippen LogP) is 6.06. The van der Waals surface area contributed by atoms with Crippen LogP contribution in [0.1, 0.15) is 38.0 Å². The Hall–Kier alpha value is -2.89. The Morgan fingerprint density at radius 1 is 1.17 bits per heavy atom. The molecule has 0 saturated heterocycles. The molecule has 154 valence electrons. The Bertz CT molecular complexity index is 1250. The number of aliphatic carboxylic acids is 1. The molecule has 0 fully saturated rings. The number of fused-ring (bicyclic) bond motifs is 3. The van der Waals surface area contributed by atoms with Gasteiger partial charge in [0.2, 0.25) is 0 Å². The largest absolute Gasteiger partial charge is 0.479 e. The van der Waals surface area contributed by atoms with E-state index in [-0.39, 0.29) is 0 Å². The maximum atomic E-state index is 12.3. The minimum atomic E-state index is -1.11. The molecule has 1 N–H and O–H groups in total. The maximum Gasteiger partial charge on any atom is 0.337 e. The molecule has 2 aromatic heterocycles. The zero-order valence-electron chi connectivity index (χ0n) is 17.3. The number of carbonyl (C=O) groups is 1. The summed E-state index contributed by atoms with van der Waals surface area (Å²) in [7, 11) is 0. The summed E-state index contributed by atoms with van der Waals surface area (Å²) in [5.41, 5.74) is 4.35. The average Bonchev–Trinajstić information content (AvgIpc) is 3.14. The van der Waals surface area contributed by atoms with Crippen molar-refractivity contribution < 1.29 is 14.6 Å². The highest BCUT2D eigenvalue weighted by molar-refractivity contribution is 6.30. The monoisotopic (exact) mass is 422 g/mol. The van der Waals surface area contributed by atoms with Gasteiger partial charge in [-0.1, -0.05) is 23.7 Å². The van der Waals surface area contributed by atoms with Crippen molar-refractivity contribution in [3.63, 3.8) is 0 Å². The molecule has 0 amide bonds. The van der Waals surface area contributed by atoms with Crippen LogP contribution in [0.5, 0.6) is 0 Å². The third-order valence-corrected chi connectivity index (χ3v) is 5.26. The number of imidazole rings is 1. The van der Waals surface area contributed by atoms with Crippen LogP contribution < -0.4 is 0 Å². The van der Waals surface area contributed by atoms with Gasteiger partial charge < -0.3 is 9.84 Å². The van der Waals surface area contributed by atoms with Gasteiger partial charge in [0, 0.05) is 28.4 Å². The summed E-state index contributed by atoms with van der Waals surface area (Å²) in [6.07, 6.45) is 2.55. The van der Waals surface area contributed by atoms with Crippen molar-refractivity contribution in [3.8, 4) is 11.1 Å². The van der Waals surface area contributed by atoms with Crippen molar-refractivity contribution in [2.24, 2.45) is 0 Å². The number of rotatable bonds is 4. The van der Waals surface area contributed by atoms with Crippen LogP contribution in [0.4, 0.5) is 0 Å². The van der Waals surface area contributed by atoms with Crippen LogP contribution >= 0.6 is 11.6 Å². The van der Waals surface area contributed by atoms with Gasteiger partial charge in [0.15, 0.2) is 6.10 Å². The fourth-order valence-electron chi connectivity index (χ4n) is 3.85. The van der Waals surface area contributed by atoms with Gasteiger partial charge in [-0.25, -0.2) is 9.78 Å². The van der Waals surface area contributed by atoms with Gasteiger partial charge in [-0.15, -0.1) is 0 Å². The molecule has 2 aromatic carbocycles. The molecule has 0 aliphatic carbocycles. The predicted molar refractivity (Wildman–Crippen MR) is 119 cm³/mol. The van der Waals surface area contributed by atoms with Gasteiger partial charge in [0.1, 0.15) is 5.65 Å². The van der Waals surface area contributed by atoms with Crippen LogP contribution in [-0.4, -0.2) is 26.1 Å². The zero-order chi connectivity index (χ0) is 21.6. The fourth-order valence-corrected chi connectivity index (χ4v) is 3.98. The first kappa shape index (κ1) is 20.4. The Balaban J connectivity index is 2.11. The van der Waals surface area contributed by atoms with Crippen molar-refractivity contribution in [2.45, 2.75) is 39.4 Å². The number of carboxylic acid groups (broad SMARTS) is 1. The summed E-state index contributed by atoms with van der Waals surface area (Å²) < 4.78 is 8.03. The fraction of sp³-hybridized carbons (Fsp3) is 0.250. The van der Waals surface area contributed by atoms with Gasteiger partial charge in [-0.2, -0.15) is 0 Å². The summed E-state index contributed by atoms with van der Waals surface area (Å²) in [5.74, 6) is -1.02. The van der Waals surface area contributed by atoms with Crippen molar-refractivity contribution in [1.82, 2.24) is 9.38 Å². The van der Waals surface area contributed by atoms with Crippen LogP contribution in [0.2, 0.25) is 5.02 Å². The van der Waals surface area contributed by atoms with Crippen LogP contribution in [0.3, 0.4) is 0 Å². The molecule has 0 saturated carbocycles.